The van der Waals surface area contributed by atoms with Crippen molar-refractivity contribution < 1.29 is 19.1 Å². The molecule has 1 aromatic carbocycles. The van der Waals surface area contributed by atoms with Crippen molar-refractivity contribution in [3.8, 4) is 5.75 Å². The molecule has 1 aliphatic carbocycles. The van der Waals surface area contributed by atoms with Crippen LogP contribution in [0.5, 0.6) is 5.75 Å². The Morgan fingerprint density at radius 1 is 1.11 bits per heavy atom. The molecule has 2 aliphatic rings. The molecule has 148 valence electrons. The number of hydrogen-bond acceptors (Lipinski definition) is 5. The maximum atomic E-state index is 12.2. The number of rotatable bonds is 9. The molecule has 2 atom stereocenters. The Balaban J connectivity index is 1.31. The molecule has 1 saturated carbocycles. The first-order chi connectivity index (χ1) is 13.2. The minimum absolute atomic E-state index is 0.00635. The van der Waals surface area contributed by atoms with Gasteiger partial charge in [0.1, 0.15) is 5.75 Å². The van der Waals surface area contributed by atoms with Gasteiger partial charge in [-0.25, -0.2) is 0 Å². The molecule has 7 nitrogen and oxygen atoms in total. The SMILES string of the molecule is COc1ccccc1CCNC(=O)C1CC1C(=O)NCCN1CCOCC1. The number of methoxy groups -OCH3 is 1. The summed E-state index contributed by atoms with van der Waals surface area (Å²) in [6, 6.07) is 7.79. The highest BCUT2D eigenvalue weighted by Gasteiger charge is 2.47. The Morgan fingerprint density at radius 3 is 2.48 bits per heavy atom. The first kappa shape index (κ1) is 19.6. The fourth-order valence-electron chi connectivity index (χ4n) is 3.43. The van der Waals surface area contributed by atoms with Gasteiger partial charge in [0.25, 0.3) is 0 Å². The maximum absolute atomic E-state index is 12.2. The van der Waals surface area contributed by atoms with Crippen LogP contribution in [-0.2, 0) is 20.7 Å². The molecular formula is C20H29N3O4. The predicted molar refractivity (Wildman–Crippen MR) is 102 cm³/mol. The van der Waals surface area contributed by atoms with E-state index in [2.05, 4.69) is 15.5 Å². The average Bonchev–Trinajstić information content (AvgIpc) is 3.50. The van der Waals surface area contributed by atoms with E-state index in [9.17, 15) is 9.59 Å². The fraction of sp³-hybridized carbons (Fsp3) is 0.600. The van der Waals surface area contributed by atoms with Gasteiger partial charge in [0.05, 0.1) is 32.2 Å². The first-order valence-corrected chi connectivity index (χ1v) is 9.66. The molecule has 0 aromatic heterocycles. The number of ether oxygens (including phenoxy) is 2. The van der Waals surface area contributed by atoms with E-state index in [1.54, 1.807) is 7.11 Å². The van der Waals surface area contributed by atoms with E-state index in [4.69, 9.17) is 9.47 Å². The molecule has 1 aliphatic heterocycles. The molecule has 3 rings (SSSR count). The third kappa shape index (κ3) is 5.68. The molecule has 0 radical (unpaired) electrons. The topological polar surface area (TPSA) is 79.9 Å². The largest absolute Gasteiger partial charge is 0.496 e. The van der Waals surface area contributed by atoms with E-state index in [0.717, 1.165) is 44.2 Å². The summed E-state index contributed by atoms with van der Waals surface area (Å²) in [6.45, 7) is 5.34. The van der Waals surface area contributed by atoms with Gasteiger partial charge < -0.3 is 20.1 Å². The zero-order chi connectivity index (χ0) is 19.1. The van der Waals surface area contributed by atoms with Gasteiger partial charge in [-0.05, 0) is 24.5 Å². The van der Waals surface area contributed by atoms with E-state index < -0.39 is 0 Å². The average molecular weight is 375 g/mol. The molecular weight excluding hydrogens is 346 g/mol. The molecule has 7 heteroatoms. The van der Waals surface area contributed by atoms with Crippen LogP contribution in [0.1, 0.15) is 12.0 Å². The number of nitrogens with zero attached hydrogens (tertiary/aromatic N) is 1. The Morgan fingerprint density at radius 2 is 1.78 bits per heavy atom. The molecule has 2 amide bonds. The summed E-state index contributed by atoms with van der Waals surface area (Å²) >= 11 is 0. The van der Waals surface area contributed by atoms with E-state index in [1.165, 1.54) is 0 Å². The van der Waals surface area contributed by atoms with Crippen LogP contribution in [0.4, 0.5) is 0 Å². The summed E-state index contributed by atoms with van der Waals surface area (Å²) in [4.78, 5) is 26.7. The van der Waals surface area contributed by atoms with Crippen LogP contribution in [-0.4, -0.2) is 69.8 Å². The highest BCUT2D eigenvalue weighted by atomic mass is 16.5. The number of amides is 2. The van der Waals surface area contributed by atoms with E-state index >= 15 is 0 Å². The molecule has 1 heterocycles. The number of carbonyl (C=O) groups excluding carboxylic acids is 2. The van der Waals surface area contributed by atoms with Crippen molar-refractivity contribution in [1.29, 1.82) is 0 Å². The molecule has 0 bridgehead atoms. The molecule has 1 aromatic rings. The number of nitrogens with one attached hydrogen (secondary N) is 2. The van der Waals surface area contributed by atoms with Gasteiger partial charge in [-0.3, -0.25) is 14.5 Å². The molecule has 2 unspecified atom stereocenters. The van der Waals surface area contributed by atoms with Crippen LogP contribution >= 0.6 is 0 Å². The van der Waals surface area contributed by atoms with Crippen LogP contribution in [0.15, 0.2) is 24.3 Å². The summed E-state index contributed by atoms with van der Waals surface area (Å²) in [5.41, 5.74) is 1.06. The summed E-state index contributed by atoms with van der Waals surface area (Å²) in [5.74, 6) is 0.425. The minimum atomic E-state index is -0.189. The van der Waals surface area contributed by atoms with Crippen LogP contribution < -0.4 is 15.4 Å². The Bertz CT molecular complexity index is 646. The lowest BCUT2D eigenvalue weighted by atomic mass is 10.1. The number of carbonyl (C=O) groups is 2. The predicted octanol–water partition coefficient (Wildman–Crippen LogP) is 0.438. The molecule has 2 fully saturated rings. The lowest BCUT2D eigenvalue weighted by molar-refractivity contribution is -0.127. The van der Waals surface area contributed by atoms with Crippen LogP contribution in [0.3, 0.4) is 0 Å². The third-order valence-electron chi connectivity index (χ3n) is 5.18. The lowest BCUT2D eigenvalue weighted by Crippen LogP contribution is -2.41. The fourth-order valence-corrected chi connectivity index (χ4v) is 3.43. The lowest BCUT2D eigenvalue weighted by Gasteiger charge is -2.26. The second-order valence-corrected chi connectivity index (χ2v) is 7.05. The first-order valence-electron chi connectivity index (χ1n) is 9.66. The number of para-hydroxylation sites is 1. The van der Waals surface area contributed by atoms with Crippen LogP contribution in [0.2, 0.25) is 0 Å². The molecule has 1 saturated heterocycles. The van der Waals surface area contributed by atoms with Crippen molar-refractivity contribution in [1.82, 2.24) is 15.5 Å². The molecule has 2 N–H and O–H groups in total. The van der Waals surface area contributed by atoms with Crippen molar-refractivity contribution in [2.45, 2.75) is 12.8 Å². The van der Waals surface area contributed by atoms with E-state index in [-0.39, 0.29) is 23.7 Å². The van der Waals surface area contributed by atoms with Crippen molar-refractivity contribution in [3.05, 3.63) is 29.8 Å². The van der Waals surface area contributed by atoms with Gasteiger partial charge in [0.15, 0.2) is 0 Å². The Labute approximate surface area is 160 Å². The van der Waals surface area contributed by atoms with Gasteiger partial charge >= 0.3 is 0 Å². The van der Waals surface area contributed by atoms with Crippen LogP contribution in [0, 0.1) is 11.8 Å². The third-order valence-corrected chi connectivity index (χ3v) is 5.18. The summed E-state index contributed by atoms with van der Waals surface area (Å²) in [5, 5.41) is 5.90. The quantitative estimate of drug-likeness (QED) is 0.655. The number of morpholine rings is 1. The molecule has 0 spiro atoms. The minimum Gasteiger partial charge on any atom is -0.496 e. The van der Waals surface area contributed by atoms with Crippen molar-refractivity contribution in [2.24, 2.45) is 11.8 Å². The van der Waals surface area contributed by atoms with Crippen LogP contribution in [0.25, 0.3) is 0 Å². The smallest absolute Gasteiger partial charge is 0.223 e. The summed E-state index contributed by atoms with van der Waals surface area (Å²) in [6.07, 6.45) is 1.35. The van der Waals surface area contributed by atoms with Gasteiger partial charge in [-0.2, -0.15) is 0 Å². The van der Waals surface area contributed by atoms with Crippen molar-refractivity contribution in [2.75, 3.05) is 53.0 Å². The second-order valence-electron chi connectivity index (χ2n) is 7.05. The Kier molecular flexibility index (Phi) is 7.06. The zero-order valence-electron chi connectivity index (χ0n) is 15.9. The second kappa shape index (κ2) is 9.71. The van der Waals surface area contributed by atoms with Crippen molar-refractivity contribution >= 4 is 11.8 Å². The zero-order valence-corrected chi connectivity index (χ0v) is 15.9. The van der Waals surface area contributed by atoms with Gasteiger partial charge in [0, 0.05) is 32.7 Å². The van der Waals surface area contributed by atoms with Gasteiger partial charge in [-0.1, -0.05) is 18.2 Å². The number of hydrogen-bond donors (Lipinski definition) is 2. The summed E-state index contributed by atoms with van der Waals surface area (Å²) < 4.78 is 10.6. The summed E-state index contributed by atoms with van der Waals surface area (Å²) in [7, 11) is 1.64. The van der Waals surface area contributed by atoms with E-state index in [1.807, 2.05) is 24.3 Å². The normalized spacial score (nSPS) is 22.1. The van der Waals surface area contributed by atoms with Gasteiger partial charge in [0.2, 0.25) is 11.8 Å². The standard InChI is InChI=1S/C20H29N3O4/c1-26-18-5-3-2-4-15(18)6-7-21-19(24)16-14-17(16)20(25)22-8-9-23-10-12-27-13-11-23/h2-5,16-17H,6-14H2,1H3,(H,21,24)(H,22,25). The van der Waals surface area contributed by atoms with E-state index in [0.29, 0.717) is 25.9 Å². The Hall–Kier alpha value is -2.12. The highest BCUT2D eigenvalue weighted by molar-refractivity contribution is 5.92. The number of benzene rings is 1. The maximum Gasteiger partial charge on any atom is 0.223 e. The molecule has 27 heavy (non-hydrogen) atoms. The highest BCUT2D eigenvalue weighted by Crippen LogP contribution is 2.38. The van der Waals surface area contributed by atoms with Crippen molar-refractivity contribution in [3.63, 3.8) is 0 Å². The van der Waals surface area contributed by atoms with Gasteiger partial charge in [-0.15, -0.1) is 0 Å². The monoisotopic (exact) mass is 375 g/mol.